The highest BCUT2D eigenvalue weighted by atomic mass is 16.6. The topological polar surface area (TPSA) is 53.0 Å². The lowest BCUT2D eigenvalue weighted by Gasteiger charge is -2.46. The van der Waals surface area contributed by atoms with E-state index in [2.05, 4.69) is 41.3 Å². The number of hydrogen-bond acceptors (Lipinski definition) is 4. The molecular formula is C23H32N2O3. The smallest absolute Gasteiger partial charge is 0.410 e. The number of likely N-dealkylation sites (tertiary alicyclic amines) is 2. The SMILES string of the molecule is CC(C)(C)OC(=O)N1CC[C@@H](N2CCC3(C=Cc4ccccc43)CC2)[C@H](O)C1. The van der Waals surface area contributed by atoms with Gasteiger partial charge in [0.15, 0.2) is 0 Å². The molecule has 4 rings (SSSR count). The third kappa shape index (κ3) is 3.70. The molecule has 1 spiro atoms. The minimum absolute atomic E-state index is 0.122. The van der Waals surface area contributed by atoms with E-state index in [-0.39, 0.29) is 17.6 Å². The van der Waals surface area contributed by atoms with Crippen LogP contribution in [0.3, 0.4) is 0 Å². The number of piperidine rings is 2. The Morgan fingerprint density at radius 3 is 2.57 bits per heavy atom. The van der Waals surface area contributed by atoms with Crippen molar-refractivity contribution in [2.45, 2.75) is 63.2 Å². The fraction of sp³-hybridized carbons (Fsp3) is 0.609. The van der Waals surface area contributed by atoms with Crippen LogP contribution in [0, 0.1) is 0 Å². The van der Waals surface area contributed by atoms with Crippen LogP contribution in [0.25, 0.3) is 6.08 Å². The molecule has 152 valence electrons. The summed E-state index contributed by atoms with van der Waals surface area (Å²) in [7, 11) is 0. The van der Waals surface area contributed by atoms with Crippen molar-refractivity contribution in [3.63, 3.8) is 0 Å². The van der Waals surface area contributed by atoms with Gasteiger partial charge in [0.1, 0.15) is 5.60 Å². The highest BCUT2D eigenvalue weighted by molar-refractivity contribution is 5.68. The van der Waals surface area contributed by atoms with E-state index in [9.17, 15) is 9.90 Å². The molecule has 1 aromatic rings. The first-order chi connectivity index (χ1) is 13.3. The van der Waals surface area contributed by atoms with Crippen molar-refractivity contribution in [3.05, 3.63) is 41.5 Å². The minimum Gasteiger partial charge on any atom is -0.444 e. The minimum atomic E-state index is -0.526. The number of aliphatic hydroxyl groups is 1. The van der Waals surface area contributed by atoms with Gasteiger partial charge in [0.05, 0.1) is 12.6 Å². The van der Waals surface area contributed by atoms with Crippen molar-refractivity contribution in [1.29, 1.82) is 0 Å². The highest BCUT2D eigenvalue weighted by Crippen LogP contribution is 2.44. The van der Waals surface area contributed by atoms with E-state index in [1.807, 2.05) is 20.8 Å². The van der Waals surface area contributed by atoms with Gasteiger partial charge in [-0.15, -0.1) is 0 Å². The number of aliphatic hydroxyl groups excluding tert-OH is 1. The molecule has 28 heavy (non-hydrogen) atoms. The van der Waals surface area contributed by atoms with E-state index in [0.29, 0.717) is 13.1 Å². The molecule has 5 nitrogen and oxygen atoms in total. The van der Waals surface area contributed by atoms with Gasteiger partial charge in [0.2, 0.25) is 0 Å². The number of fused-ring (bicyclic) bond motifs is 2. The predicted molar refractivity (Wildman–Crippen MR) is 110 cm³/mol. The summed E-state index contributed by atoms with van der Waals surface area (Å²) in [6.07, 6.45) is 6.76. The zero-order valence-electron chi connectivity index (χ0n) is 17.2. The Labute approximate surface area is 168 Å². The van der Waals surface area contributed by atoms with Crippen molar-refractivity contribution < 1.29 is 14.6 Å². The molecular weight excluding hydrogens is 352 g/mol. The van der Waals surface area contributed by atoms with Crippen LogP contribution in [-0.2, 0) is 10.2 Å². The number of nitrogens with zero attached hydrogens (tertiary/aromatic N) is 2. The average Bonchev–Trinajstić information content (AvgIpc) is 3.00. The maximum Gasteiger partial charge on any atom is 0.410 e. The molecule has 2 saturated heterocycles. The van der Waals surface area contributed by atoms with Gasteiger partial charge in [-0.25, -0.2) is 4.79 Å². The maximum absolute atomic E-state index is 12.3. The van der Waals surface area contributed by atoms with E-state index in [0.717, 1.165) is 32.4 Å². The standard InChI is InChI=1S/C23H32N2O3/c1-22(2,3)28-21(27)25-13-9-19(20(26)16-25)24-14-11-23(12-15-24)10-8-17-6-4-5-7-18(17)23/h4-8,10,19-20,26H,9,11-16H2,1-3H3/t19-,20-/m1/s1. The second kappa shape index (κ2) is 7.20. The zero-order chi connectivity index (χ0) is 19.9. The molecule has 2 aliphatic heterocycles. The van der Waals surface area contributed by atoms with Gasteiger partial charge < -0.3 is 14.7 Å². The molecule has 0 bridgehead atoms. The van der Waals surface area contributed by atoms with E-state index < -0.39 is 11.7 Å². The van der Waals surface area contributed by atoms with Crippen molar-refractivity contribution >= 4 is 12.2 Å². The van der Waals surface area contributed by atoms with Crippen LogP contribution in [0.5, 0.6) is 0 Å². The van der Waals surface area contributed by atoms with E-state index in [1.54, 1.807) is 4.90 Å². The molecule has 0 aromatic heterocycles. The summed E-state index contributed by atoms with van der Waals surface area (Å²) in [6.45, 7) is 8.55. The molecule has 2 atom stereocenters. The van der Waals surface area contributed by atoms with Crippen molar-refractivity contribution in [1.82, 2.24) is 9.80 Å². The van der Waals surface area contributed by atoms with Crippen LogP contribution < -0.4 is 0 Å². The van der Waals surface area contributed by atoms with Gasteiger partial charge in [0, 0.05) is 18.0 Å². The van der Waals surface area contributed by atoms with Crippen molar-refractivity contribution in [3.8, 4) is 0 Å². The third-order valence-electron chi connectivity index (χ3n) is 6.44. The fourth-order valence-electron chi connectivity index (χ4n) is 4.96. The molecule has 0 saturated carbocycles. The summed E-state index contributed by atoms with van der Waals surface area (Å²) in [5.74, 6) is 0. The average molecular weight is 385 g/mol. The second-order valence-corrected chi connectivity index (χ2v) is 9.46. The van der Waals surface area contributed by atoms with Gasteiger partial charge in [0.25, 0.3) is 0 Å². The predicted octanol–water partition coefficient (Wildman–Crippen LogP) is 3.42. The van der Waals surface area contributed by atoms with E-state index >= 15 is 0 Å². The van der Waals surface area contributed by atoms with Crippen LogP contribution in [0.15, 0.2) is 30.3 Å². The van der Waals surface area contributed by atoms with Gasteiger partial charge in [-0.05, 0) is 64.3 Å². The first-order valence-electron chi connectivity index (χ1n) is 10.5. The fourth-order valence-corrected chi connectivity index (χ4v) is 4.96. The summed E-state index contributed by atoms with van der Waals surface area (Å²) in [5, 5.41) is 10.7. The molecule has 0 radical (unpaired) electrons. The van der Waals surface area contributed by atoms with E-state index in [1.165, 1.54) is 11.1 Å². The number of allylic oxidation sites excluding steroid dienone is 1. The van der Waals surface area contributed by atoms with Crippen LogP contribution in [0.2, 0.25) is 0 Å². The van der Waals surface area contributed by atoms with Gasteiger partial charge in [-0.1, -0.05) is 36.4 Å². The van der Waals surface area contributed by atoms with E-state index in [4.69, 9.17) is 4.74 Å². The molecule has 1 N–H and O–H groups in total. The molecule has 1 aliphatic carbocycles. The quantitative estimate of drug-likeness (QED) is 0.806. The normalized spacial score (nSPS) is 27.1. The first kappa shape index (κ1) is 19.5. The highest BCUT2D eigenvalue weighted by Gasteiger charge is 2.42. The van der Waals surface area contributed by atoms with Gasteiger partial charge in [-0.3, -0.25) is 4.90 Å². The molecule has 2 heterocycles. The summed E-state index contributed by atoms with van der Waals surface area (Å²) in [5.41, 5.74) is 2.46. The largest absolute Gasteiger partial charge is 0.444 e. The van der Waals surface area contributed by atoms with Crippen molar-refractivity contribution in [2.24, 2.45) is 0 Å². The Hall–Kier alpha value is -1.85. The number of hydrogen-bond donors (Lipinski definition) is 1. The first-order valence-corrected chi connectivity index (χ1v) is 10.5. The second-order valence-electron chi connectivity index (χ2n) is 9.46. The molecule has 5 heteroatoms. The number of benzene rings is 1. The number of amides is 1. The summed E-state index contributed by atoms with van der Waals surface area (Å²) >= 11 is 0. The lowest BCUT2D eigenvalue weighted by Crippen LogP contribution is -2.58. The number of carbonyl (C=O) groups is 1. The Balaban J connectivity index is 1.35. The lowest BCUT2D eigenvalue weighted by atomic mass is 9.74. The Kier molecular flexibility index (Phi) is 5.00. The molecule has 1 aromatic carbocycles. The van der Waals surface area contributed by atoms with Crippen LogP contribution in [-0.4, -0.2) is 64.9 Å². The Morgan fingerprint density at radius 2 is 1.89 bits per heavy atom. The third-order valence-corrected chi connectivity index (χ3v) is 6.44. The Bertz CT molecular complexity index is 759. The van der Waals surface area contributed by atoms with Crippen LogP contribution >= 0.6 is 0 Å². The zero-order valence-corrected chi connectivity index (χ0v) is 17.2. The molecule has 0 unspecified atom stereocenters. The van der Waals surface area contributed by atoms with Crippen LogP contribution in [0.4, 0.5) is 4.79 Å². The lowest BCUT2D eigenvalue weighted by molar-refractivity contribution is -0.0361. The molecule has 1 amide bonds. The Morgan fingerprint density at radius 1 is 1.18 bits per heavy atom. The van der Waals surface area contributed by atoms with Gasteiger partial charge >= 0.3 is 6.09 Å². The molecule has 3 aliphatic rings. The monoisotopic (exact) mass is 384 g/mol. The summed E-state index contributed by atoms with van der Waals surface area (Å²) in [6, 6.07) is 8.82. The summed E-state index contributed by atoms with van der Waals surface area (Å²) in [4.78, 5) is 16.4. The number of carbonyl (C=O) groups excluding carboxylic acids is 1. The molecule has 2 fully saturated rings. The van der Waals surface area contributed by atoms with Gasteiger partial charge in [-0.2, -0.15) is 0 Å². The number of ether oxygens (including phenoxy) is 1. The maximum atomic E-state index is 12.3. The summed E-state index contributed by atoms with van der Waals surface area (Å²) < 4.78 is 5.46. The van der Waals surface area contributed by atoms with Crippen LogP contribution in [0.1, 0.15) is 51.2 Å². The van der Waals surface area contributed by atoms with Crippen molar-refractivity contribution in [2.75, 3.05) is 26.2 Å². The number of β-amino-alcohol motifs (C(OH)–C–C–N with tert-alkyl or cyclic N) is 1. The number of rotatable bonds is 1.